The van der Waals surface area contributed by atoms with Crippen LogP contribution < -0.4 is 4.90 Å². The topological polar surface area (TPSA) is 29.0 Å². The predicted molar refractivity (Wildman–Crippen MR) is 74.3 cm³/mol. The molecule has 0 bridgehead atoms. The van der Waals surface area contributed by atoms with Crippen LogP contribution in [0.2, 0.25) is 5.15 Å². The molecule has 1 aliphatic heterocycles. The minimum Gasteiger partial charge on any atom is -0.351 e. The van der Waals surface area contributed by atoms with E-state index < -0.39 is 0 Å². The lowest BCUT2D eigenvalue weighted by Crippen LogP contribution is -2.35. The molecule has 18 heavy (non-hydrogen) atoms. The van der Waals surface area contributed by atoms with Gasteiger partial charge in [-0.3, -0.25) is 0 Å². The highest BCUT2D eigenvalue weighted by Crippen LogP contribution is 2.40. The highest BCUT2D eigenvalue weighted by molar-refractivity contribution is 6.29. The fourth-order valence-corrected chi connectivity index (χ4v) is 3.15. The van der Waals surface area contributed by atoms with Crippen LogP contribution in [0, 0.1) is 0 Å². The van der Waals surface area contributed by atoms with Gasteiger partial charge < -0.3 is 4.90 Å². The zero-order valence-electron chi connectivity index (χ0n) is 11.1. The molecule has 0 spiro atoms. The Kier molecular flexibility index (Phi) is 3.18. The largest absolute Gasteiger partial charge is 0.351 e. The zero-order chi connectivity index (χ0) is 12.7. The number of aromatic nitrogens is 2. The molecule has 1 saturated carbocycles. The molecule has 2 fully saturated rings. The van der Waals surface area contributed by atoms with Gasteiger partial charge in [-0.2, -0.15) is 0 Å². The van der Waals surface area contributed by atoms with Crippen LogP contribution in [0.4, 0.5) is 5.82 Å². The summed E-state index contributed by atoms with van der Waals surface area (Å²) in [5.41, 5.74) is 0. The van der Waals surface area contributed by atoms with Crippen molar-refractivity contribution >= 4 is 17.4 Å². The molecule has 0 radical (unpaired) electrons. The summed E-state index contributed by atoms with van der Waals surface area (Å²) in [6.07, 6.45) is 6.11. The van der Waals surface area contributed by atoms with Crippen molar-refractivity contribution in [1.82, 2.24) is 9.97 Å². The summed E-state index contributed by atoms with van der Waals surface area (Å²) in [6, 6.07) is 3.10. The highest BCUT2D eigenvalue weighted by atomic mass is 35.5. The summed E-state index contributed by atoms with van der Waals surface area (Å²) in [6.45, 7) is 4.53. The standard InChI is InChI=1S/C14H20ClN3/c1-3-11-7-4-9(2)18(11)13-8-12(15)16-14(17-13)10-5-6-10/h8-11H,3-7H2,1-2H3. The van der Waals surface area contributed by atoms with Crippen LogP contribution in [0.1, 0.15) is 57.7 Å². The summed E-state index contributed by atoms with van der Waals surface area (Å²) in [4.78, 5) is 11.6. The SMILES string of the molecule is CCC1CCC(C)N1c1cc(Cl)nc(C2CC2)n1. The molecule has 0 N–H and O–H groups in total. The van der Waals surface area contributed by atoms with Gasteiger partial charge in [0.15, 0.2) is 0 Å². The van der Waals surface area contributed by atoms with Crippen molar-refractivity contribution in [1.29, 1.82) is 0 Å². The fraction of sp³-hybridized carbons (Fsp3) is 0.714. The smallest absolute Gasteiger partial charge is 0.135 e. The van der Waals surface area contributed by atoms with Gasteiger partial charge in [-0.05, 0) is 39.0 Å². The first kappa shape index (κ1) is 12.2. The molecule has 0 aromatic carbocycles. The quantitative estimate of drug-likeness (QED) is 0.779. The first-order chi connectivity index (χ1) is 8.69. The second-order valence-electron chi connectivity index (χ2n) is 5.58. The van der Waals surface area contributed by atoms with Crippen molar-refractivity contribution in [3.05, 3.63) is 17.0 Å². The van der Waals surface area contributed by atoms with Gasteiger partial charge in [0.05, 0.1) is 0 Å². The van der Waals surface area contributed by atoms with Gasteiger partial charge in [0, 0.05) is 24.1 Å². The number of hydrogen-bond donors (Lipinski definition) is 0. The average Bonchev–Trinajstić information content (AvgIpc) is 3.12. The third kappa shape index (κ3) is 2.20. The molecule has 1 aromatic rings. The van der Waals surface area contributed by atoms with Crippen LogP contribution in [0.25, 0.3) is 0 Å². The van der Waals surface area contributed by atoms with Gasteiger partial charge in [0.1, 0.15) is 16.8 Å². The Balaban J connectivity index is 1.94. The van der Waals surface area contributed by atoms with Gasteiger partial charge in [0.25, 0.3) is 0 Å². The second-order valence-corrected chi connectivity index (χ2v) is 5.96. The van der Waals surface area contributed by atoms with E-state index in [1.165, 1.54) is 32.1 Å². The summed E-state index contributed by atoms with van der Waals surface area (Å²) in [5, 5.41) is 0.593. The predicted octanol–water partition coefficient (Wildman–Crippen LogP) is 3.77. The molecular formula is C14H20ClN3. The first-order valence-electron chi connectivity index (χ1n) is 7.02. The molecule has 2 heterocycles. The Hall–Kier alpha value is -0.830. The molecule has 3 nitrogen and oxygen atoms in total. The summed E-state index contributed by atoms with van der Waals surface area (Å²) >= 11 is 6.16. The van der Waals surface area contributed by atoms with Gasteiger partial charge in [-0.1, -0.05) is 18.5 Å². The molecule has 98 valence electrons. The normalized spacial score (nSPS) is 27.8. The number of anilines is 1. The van der Waals surface area contributed by atoms with Gasteiger partial charge in [-0.25, -0.2) is 9.97 Å². The Morgan fingerprint density at radius 3 is 2.72 bits per heavy atom. The van der Waals surface area contributed by atoms with Crippen LogP contribution in [0.5, 0.6) is 0 Å². The zero-order valence-corrected chi connectivity index (χ0v) is 11.8. The van der Waals surface area contributed by atoms with E-state index in [2.05, 4.69) is 23.7 Å². The third-order valence-electron chi connectivity index (χ3n) is 4.16. The molecule has 2 unspecified atom stereocenters. The van der Waals surface area contributed by atoms with Crippen LogP contribution in [-0.2, 0) is 0 Å². The van der Waals surface area contributed by atoms with E-state index in [1.807, 2.05) is 6.07 Å². The lowest BCUT2D eigenvalue weighted by molar-refractivity contribution is 0.618. The van der Waals surface area contributed by atoms with Crippen molar-refractivity contribution in [3.63, 3.8) is 0 Å². The van der Waals surface area contributed by atoms with E-state index >= 15 is 0 Å². The molecule has 1 aliphatic carbocycles. The summed E-state index contributed by atoms with van der Waals surface area (Å²) in [5.74, 6) is 2.54. The van der Waals surface area contributed by atoms with E-state index in [0.717, 1.165) is 11.6 Å². The third-order valence-corrected chi connectivity index (χ3v) is 4.36. The van der Waals surface area contributed by atoms with Crippen molar-refractivity contribution < 1.29 is 0 Å². The maximum absolute atomic E-state index is 6.16. The molecule has 2 atom stereocenters. The van der Waals surface area contributed by atoms with Crippen molar-refractivity contribution in [2.45, 2.75) is 64.0 Å². The number of halogens is 1. The minimum atomic E-state index is 0.556. The highest BCUT2D eigenvalue weighted by Gasteiger charge is 2.32. The van der Waals surface area contributed by atoms with E-state index in [-0.39, 0.29) is 0 Å². The average molecular weight is 266 g/mol. The Morgan fingerprint density at radius 1 is 1.28 bits per heavy atom. The van der Waals surface area contributed by atoms with E-state index in [1.54, 1.807) is 0 Å². The fourth-order valence-electron chi connectivity index (χ4n) is 2.96. The van der Waals surface area contributed by atoms with Gasteiger partial charge in [0.2, 0.25) is 0 Å². The summed E-state index contributed by atoms with van der Waals surface area (Å²) < 4.78 is 0. The Bertz CT molecular complexity index is 445. The van der Waals surface area contributed by atoms with Crippen LogP contribution in [-0.4, -0.2) is 22.1 Å². The monoisotopic (exact) mass is 265 g/mol. The maximum atomic E-state index is 6.16. The van der Waals surface area contributed by atoms with Crippen LogP contribution >= 0.6 is 11.6 Å². The molecule has 1 aromatic heterocycles. The maximum Gasteiger partial charge on any atom is 0.135 e. The second kappa shape index (κ2) is 4.69. The van der Waals surface area contributed by atoms with E-state index in [4.69, 9.17) is 16.6 Å². The lowest BCUT2D eigenvalue weighted by Gasteiger charge is -2.29. The van der Waals surface area contributed by atoms with Gasteiger partial charge in [-0.15, -0.1) is 0 Å². The molecule has 1 saturated heterocycles. The number of hydrogen-bond acceptors (Lipinski definition) is 3. The Morgan fingerprint density at radius 2 is 2.06 bits per heavy atom. The van der Waals surface area contributed by atoms with Crippen molar-refractivity contribution in [3.8, 4) is 0 Å². The van der Waals surface area contributed by atoms with Crippen molar-refractivity contribution in [2.75, 3.05) is 4.90 Å². The van der Waals surface area contributed by atoms with Crippen LogP contribution in [0.3, 0.4) is 0 Å². The molecule has 2 aliphatic rings. The molecule has 3 rings (SSSR count). The van der Waals surface area contributed by atoms with E-state index in [0.29, 0.717) is 23.2 Å². The van der Waals surface area contributed by atoms with Gasteiger partial charge >= 0.3 is 0 Å². The first-order valence-corrected chi connectivity index (χ1v) is 7.39. The molecular weight excluding hydrogens is 246 g/mol. The summed E-state index contributed by atoms with van der Waals surface area (Å²) in [7, 11) is 0. The number of nitrogens with zero attached hydrogens (tertiary/aromatic N) is 3. The van der Waals surface area contributed by atoms with Crippen LogP contribution in [0.15, 0.2) is 6.07 Å². The van der Waals surface area contributed by atoms with E-state index in [9.17, 15) is 0 Å². The Labute approximate surface area is 114 Å². The lowest BCUT2D eigenvalue weighted by atomic mass is 10.1. The molecule has 0 amide bonds. The minimum absolute atomic E-state index is 0.556. The number of rotatable bonds is 3. The molecule has 4 heteroatoms. The van der Waals surface area contributed by atoms with Crippen molar-refractivity contribution in [2.24, 2.45) is 0 Å².